The van der Waals surface area contributed by atoms with Crippen LogP contribution in [0.25, 0.3) is 0 Å². The summed E-state index contributed by atoms with van der Waals surface area (Å²) in [5.74, 6) is -5.29. The molecule has 0 radical (unpaired) electrons. The molecule has 0 amide bonds. The van der Waals surface area contributed by atoms with E-state index in [2.05, 4.69) is 0 Å². The molecule has 2 saturated heterocycles. The zero-order valence-electron chi connectivity index (χ0n) is 23.1. The van der Waals surface area contributed by atoms with Gasteiger partial charge in [-0.25, -0.2) is 4.39 Å². The summed E-state index contributed by atoms with van der Waals surface area (Å²) in [4.78, 5) is 70.7. The number of carbonyl (C=O) groups is 6. The lowest BCUT2D eigenvalue weighted by Gasteiger charge is -2.45. The highest BCUT2D eigenvalue weighted by Crippen LogP contribution is 2.32. The number of carbonyl (C=O) groups excluding carboxylic acids is 6. The van der Waals surface area contributed by atoms with Gasteiger partial charge in [0.25, 0.3) is 0 Å². The lowest BCUT2D eigenvalue weighted by Crippen LogP contribution is -2.64. The summed E-state index contributed by atoms with van der Waals surface area (Å²) >= 11 is 0. The van der Waals surface area contributed by atoms with Crippen molar-refractivity contribution in [2.75, 3.05) is 13.3 Å². The van der Waals surface area contributed by atoms with Gasteiger partial charge in [0.1, 0.15) is 18.9 Å². The molecule has 2 heterocycles. The Balaban J connectivity index is 2.41. The van der Waals surface area contributed by atoms with Crippen molar-refractivity contribution in [3.05, 3.63) is 0 Å². The van der Waals surface area contributed by atoms with Crippen LogP contribution in [0.3, 0.4) is 0 Å². The highest BCUT2D eigenvalue weighted by molar-refractivity contribution is 5.69. The Morgan fingerprint density at radius 3 is 1.37 bits per heavy atom. The lowest BCUT2D eigenvalue weighted by atomic mass is 9.97. The van der Waals surface area contributed by atoms with Crippen LogP contribution in [0.15, 0.2) is 0 Å². The van der Waals surface area contributed by atoms with Gasteiger partial charge in [0.15, 0.2) is 49.2 Å². The second kappa shape index (κ2) is 15.0. The van der Waals surface area contributed by atoms with Crippen LogP contribution in [0, 0.1) is 0 Å². The van der Waals surface area contributed by atoms with Gasteiger partial charge in [-0.15, -0.1) is 0 Å². The third-order valence-electron chi connectivity index (χ3n) is 5.59. The van der Waals surface area contributed by atoms with Crippen molar-refractivity contribution in [1.82, 2.24) is 0 Å². The monoisotopic (exact) mass is 596 g/mol. The van der Waals surface area contributed by atoms with Crippen LogP contribution in [0.1, 0.15) is 41.5 Å². The fourth-order valence-electron chi connectivity index (χ4n) is 4.31. The topological polar surface area (TPSA) is 206 Å². The maximum Gasteiger partial charge on any atom is 0.303 e. The normalized spacial score (nSPS) is 33.1. The van der Waals surface area contributed by atoms with Crippen molar-refractivity contribution in [2.24, 2.45) is 0 Å². The number of aliphatic hydroxyl groups excluding tert-OH is 1. The van der Waals surface area contributed by atoms with Crippen molar-refractivity contribution in [2.45, 2.75) is 103 Å². The maximum absolute atomic E-state index is 14.0. The van der Waals surface area contributed by atoms with Gasteiger partial charge in [-0.3, -0.25) is 28.8 Å². The number of halogens is 1. The molecule has 0 aliphatic carbocycles. The molecule has 17 heteroatoms. The summed E-state index contributed by atoms with van der Waals surface area (Å²) in [5.41, 5.74) is 0. The van der Waals surface area contributed by atoms with Crippen LogP contribution in [0.5, 0.6) is 0 Å². The van der Waals surface area contributed by atoms with E-state index in [4.69, 9.17) is 42.6 Å². The van der Waals surface area contributed by atoms with Gasteiger partial charge >= 0.3 is 35.8 Å². The number of hydrogen-bond donors (Lipinski definition) is 1. The molecule has 0 saturated carbocycles. The van der Waals surface area contributed by atoms with E-state index in [9.17, 15) is 38.3 Å². The number of esters is 6. The van der Waals surface area contributed by atoms with Gasteiger partial charge < -0.3 is 47.7 Å². The van der Waals surface area contributed by atoms with Gasteiger partial charge in [0.2, 0.25) is 0 Å². The van der Waals surface area contributed by atoms with E-state index >= 15 is 0 Å². The van der Waals surface area contributed by atoms with E-state index in [0.29, 0.717) is 0 Å². The van der Waals surface area contributed by atoms with Crippen LogP contribution >= 0.6 is 0 Å². The Morgan fingerprint density at radius 2 is 0.927 bits per heavy atom. The van der Waals surface area contributed by atoms with E-state index in [1.165, 1.54) is 0 Å². The Bertz CT molecular complexity index is 987. The molecule has 0 unspecified atom stereocenters. The van der Waals surface area contributed by atoms with Gasteiger partial charge in [-0.05, 0) is 0 Å². The van der Waals surface area contributed by atoms with Crippen LogP contribution in [-0.2, 0) is 71.4 Å². The molecule has 2 fully saturated rings. The summed E-state index contributed by atoms with van der Waals surface area (Å²) in [7, 11) is 0. The Morgan fingerprint density at radius 1 is 0.561 bits per heavy atom. The number of aliphatic hydroxyl groups is 1. The zero-order valence-corrected chi connectivity index (χ0v) is 23.1. The molecule has 10 atom stereocenters. The maximum atomic E-state index is 14.0. The SMILES string of the molecule is CC(=O)O[C@@H]1[C@@H](OC(C)=O)[C@@H](O)O[C@H](CO[C@@H]2O[C@H](CF)[C@H](OC(C)=O)[C@H](OC(C)=O)[C@H]2OC(C)=O)[C@@H]1OC(C)=O. The minimum absolute atomic E-state index is 0.661. The molecule has 232 valence electrons. The largest absolute Gasteiger partial charge is 0.456 e. The van der Waals surface area contributed by atoms with E-state index in [1.807, 2.05) is 0 Å². The van der Waals surface area contributed by atoms with E-state index < -0.39 is 111 Å². The molecule has 16 nitrogen and oxygen atoms in total. The van der Waals surface area contributed by atoms with Crippen molar-refractivity contribution in [3.8, 4) is 0 Å². The summed E-state index contributed by atoms with van der Waals surface area (Å²) in [6.07, 6.45) is -16.0. The number of ether oxygens (including phenoxy) is 9. The highest BCUT2D eigenvalue weighted by atomic mass is 19.1. The first kappa shape index (κ1) is 33.8. The number of rotatable bonds is 10. The predicted molar refractivity (Wildman–Crippen MR) is 125 cm³/mol. The van der Waals surface area contributed by atoms with Crippen LogP contribution in [0.4, 0.5) is 4.39 Å². The number of hydrogen-bond acceptors (Lipinski definition) is 16. The molecule has 1 N–H and O–H groups in total. The fraction of sp³-hybridized carbons (Fsp3) is 0.750. The molecule has 0 aromatic rings. The Kier molecular flexibility index (Phi) is 12.4. The van der Waals surface area contributed by atoms with Crippen LogP contribution in [0.2, 0.25) is 0 Å². The van der Waals surface area contributed by atoms with Gasteiger partial charge in [0.05, 0.1) is 6.61 Å². The zero-order chi connectivity index (χ0) is 31.0. The number of alkyl halides is 1. The third kappa shape index (κ3) is 9.58. The smallest absolute Gasteiger partial charge is 0.303 e. The fourth-order valence-corrected chi connectivity index (χ4v) is 4.31. The second-order valence-corrected chi connectivity index (χ2v) is 9.04. The Labute approximate surface area is 233 Å². The average Bonchev–Trinajstić information content (AvgIpc) is 2.83. The summed E-state index contributed by atoms with van der Waals surface area (Å²) < 4.78 is 61.7. The summed E-state index contributed by atoms with van der Waals surface area (Å²) in [6, 6.07) is 0. The van der Waals surface area contributed by atoms with E-state index in [1.54, 1.807) is 0 Å². The van der Waals surface area contributed by atoms with E-state index in [0.717, 1.165) is 41.5 Å². The second-order valence-electron chi connectivity index (χ2n) is 9.04. The lowest BCUT2D eigenvalue weighted by molar-refractivity contribution is -0.328. The van der Waals surface area contributed by atoms with Gasteiger partial charge in [-0.1, -0.05) is 0 Å². The molecule has 2 aliphatic heterocycles. The van der Waals surface area contributed by atoms with Crippen LogP contribution < -0.4 is 0 Å². The summed E-state index contributed by atoms with van der Waals surface area (Å²) in [6.45, 7) is 4.21. The van der Waals surface area contributed by atoms with Crippen LogP contribution in [-0.4, -0.2) is 116 Å². The van der Waals surface area contributed by atoms with Gasteiger partial charge in [-0.2, -0.15) is 0 Å². The molecule has 41 heavy (non-hydrogen) atoms. The highest BCUT2D eigenvalue weighted by Gasteiger charge is 2.55. The molecular weight excluding hydrogens is 563 g/mol. The predicted octanol–water partition coefficient (Wildman–Crippen LogP) is -0.995. The minimum Gasteiger partial charge on any atom is -0.456 e. The quantitative estimate of drug-likeness (QED) is 0.237. The minimum atomic E-state index is -1.90. The first-order valence-electron chi connectivity index (χ1n) is 12.3. The summed E-state index contributed by atoms with van der Waals surface area (Å²) in [5, 5.41) is 10.5. The molecule has 2 aliphatic rings. The molecule has 2 rings (SSSR count). The molecular formula is C24H33FO16. The molecule has 0 bridgehead atoms. The standard InChI is InChI=1S/C24H33FO16/c1-9(26)34-17-15(7-25)41-24(22(39-14(6)31)20(17)37-12(4)29)33-8-16-18(35-10(2)27)19(36-11(3)28)21(23(32)40-16)38-13(5)30/h15-24,32H,7-8H2,1-6H3/t15-,16-,17+,18+,19+,20+,21-,22-,23+,24-/m1/s1. The first-order valence-corrected chi connectivity index (χ1v) is 12.3. The van der Waals surface area contributed by atoms with Crippen molar-refractivity contribution >= 4 is 35.8 Å². The van der Waals surface area contributed by atoms with Crippen molar-refractivity contribution in [3.63, 3.8) is 0 Å². The van der Waals surface area contributed by atoms with Gasteiger partial charge in [0, 0.05) is 41.5 Å². The molecule has 0 aromatic heterocycles. The average molecular weight is 597 g/mol. The van der Waals surface area contributed by atoms with E-state index in [-0.39, 0.29) is 0 Å². The third-order valence-corrected chi connectivity index (χ3v) is 5.59. The van der Waals surface area contributed by atoms with Crippen molar-refractivity contribution < 1.29 is 80.9 Å². The Hall–Kier alpha value is -3.41. The molecule has 0 aromatic carbocycles. The first-order chi connectivity index (χ1) is 19.1. The molecule has 0 spiro atoms. The van der Waals surface area contributed by atoms with Crippen molar-refractivity contribution in [1.29, 1.82) is 0 Å².